The number of thioether (sulfide) groups is 1. The zero-order valence-electron chi connectivity index (χ0n) is 12.5. The zero-order valence-corrected chi connectivity index (χ0v) is 13.3. The van der Waals surface area contributed by atoms with E-state index in [1.165, 1.54) is 10.5 Å². The van der Waals surface area contributed by atoms with Crippen LogP contribution in [0.3, 0.4) is 0 Å². The van der Waals surface area contributed by atoms with Crippen LogP contribution in [0.1, 0.15) is 38.7 Å². The van der Waals surface area contributed by atoms with E-state index < -0.39 is 5.54 Å². The Morgan fingerprint density at radius 1 is 1.55 bits per heavy atom. The Labute approximate surface area is 125 Å². The number of hydrogen-bond donors (Lipinski definition) is 2. The highest BCUT2D eigenvalue weighted by Crippen LogP contribution is 2.31. The first-order valence-corrected chi connectivity index (χ1v) is 8.08. The Bertz CT molecular complexity index is 487. The van der Waals surface area contributed by atoms with Crippen molar-refractivity contribution >= 4 is 17.7 Å². The van der Waals surface area contributed by atoms with E-state index in [0.717, 1.165) is 19.3 Å². The normalized spacial score (nSPS) is 19.4. The molecule has 1 aliphatic carbocycles. The second kappa shape index (κ2) is 6.19. The second-order valence-corrected chi connectivity index (χ2v) is 7.58. The molecule has 2 atom stereocenters. The van der Waals surface area contributed by atoms with Crippen LogP contribution in [0, 0.1) is 6.92 Å². The molecule has 0 saturated heterocycles. The van der Waals surface area contributed by atoms with Crippen molar-refractivity contribution in [1.29, 1.82) is 0 Å². The third-order valence-electron chi connectivity index (χ3n) is 3.67. The summed E-state index contributed by atoms with van der Waals surface area (Å²) in [5, 5.41) is 3.74. The van der Waals surface area contributed by atoms with Gasteiger partial charge in [0.1, 0.15) is 0 Å². The van der Waals surface area contributed by atoms with Crippen molar-refractivity contribution in [3.05, 3.63) is 29.8 Å². The molecule has 2 rings (SSSR count). The summed E-state index contributed by atoms with van der Waals surface area (Å²) in [7, 11) is 0. The predicted octanol–water partition coefficient (Wildman–Crippen LogP) is 2.86. The maximum atomic E-state index is 11.8. The number of rotatable bonds is 7. The first-order chi connectivity index (χ1) is 9.39. The summed E-state index contributed by atoms with van der Waals surface area (Å²) in [5.41, 5.74) is 6.26. The fourth-order valence-electron chi connectivity index (χ4n) is 2.45. The smallest absolute Gasteiger partial charge is 0.237 e. The average molecular weight is 292 g/mol. The molecular formula is C16H24N2OS. The Balaban J connectivity index is 1.97. The van der Waals surface area contributed by atoms with Crippen LogP contribution in [0.25, 0.3) is 0 Å². The lowest BCUT2D eigenvalue weighted by Crippen LogP contribution is -2.55. The number of amides is 1. The molecule has 1 aliphatic rings. The van der Waals surface area contributed by atoms with Crippen molar-refractivity contribution in [2.24, 2.45) is 5.73 Å². The molecule has 1 fully saturated rings. The van der Waals surface area contributed by atoms with Gasteiger partial charge in [0.05, 0.1) is 5.54 Å². The highest BCUT2D eigenvalue weighted by molar-refractivity contribution is 7.99. The van der Waals surface area contributed by atoms with E-state index >= 15 is 0 Å². The highest BCUT2D eigenvalue weighted by Gasteiger charge is 2.38. The van der Waals surface area contributed by atoms with Crippen molar-refractivity contribution in [1.82, 2.24) is 5.32 Å². The molecule has 2 unspecified atom stereocenters. The van der Waals surface area contributed by atoms with Crippen LogP contribution in [0.15, 0.2) is 29.2 Å². The number of primary amides is 1. The Morgan fingerprint density at radius 3 is 2.80 bits per heavy atom. The van der Waals surface area contributed by atoms with Crippen LogP contribution < -0.4 is 11.1 Å². The summed E-state index contributed by atoms with van der Waals surface area (Å²) in [5.74, 6) is -0.249. The summed E-state index contributed by atoms with van der Waals surface area (Å²) in [6.45, 7) is 6.18. The minimum atomic E-state index is -0.600. The van der Waals surface area contributed by atoms with Crippen molar-refractivity contribution in [2.45, 2.75) is 61.8 Å². The lowest BCUT2D eigenvalue weighted by molar-refractivity contribution is -0.124. The van der Waals surface area contributed by atoms with Gasteiger partial charge in [-0.3, -0.25) is 4.79 Å². The molecule has 0 spiro atoms. The van der Waals surface area contributed by atoms with Gasteiger partial charge in [0.2, 0.25) is 5.91 Å². The predicted molar refractivity (Wildman–Crippen MR) is 84.9 cm³/mol. The molecule has 0 radical (unpaired) electrons. The fourth-order valence-corrected chi connectivity index (χ4v) is 3.74. The molecule has 0 bridgehead atoms. The van der Waals surface area contributed by atoms with E-state index in [4.69, 9.17) is 5.73 Å². The van der Waals surface area contributed by atoms with Gasteiger partial charge in [-0.15, -0.1) is 11.8 Å². The van der Waals surface area contributed by atoms with Crippen LogP contribution >= 0.6 is 11.8 Å². The number of hydrogen-bond acceptors (Lipinski definition) is 3. The summed E-state index contributed by atoms with van der Waals surface area (Å²) in [6.07, 6.45) is 3.06. The van der Waals surface area contributed by atoms with Crippen LogP contribution in [-0.4, -0.2) is 22.7 Å². The summed E-state index contributed by atoms with van der Waals surface area (Å²) in [6, 6.07) is 8.93. The standard InChI is InChI=1S/C16H24N2OS/c1-11-5-4-6-14(9-11)20-12(2)10-16(3,15(17)19)18-13-7-8-13/h4-6,9,12-13,18H,7-8,10H2,1-3H3,(H2,17,19). The summed E-state index contributed by atoms with van der Waals surface area (Å²) < 4.78 is 0. The van der Waals surface area contributed by atoms with Gasteiger partial charge < -0.3 is 11.1 Å². The minimum absolute atomic E-state index is 0.249. The molecule has 0 aliphatic heterocycles. The van der Waals surface area contributed by atoms with Crippen molar-refractivity contribution in [3.8, 4) is 0 Å². The number of aryl methyl sites for hydroxylation is 1. The lowest BCUT2D eigenvalue weighted by atomic mass is 9.95. The summed E-state index contributed by atoms with van der Waals surface area (Å²) in [4.78, 5) is 13.0. The number of nitrogens with two attached hydrogens (primary N) is 1. The molecule has 1 amide bonds. The van der Waals surface area contributed by atoms with Crippen LogP contribution in [0.2, 0.25) is 0 Å². The first kappa shape index (κ1) is 15.4. The molecule has 0 aromatic heterocycles. The number of carbonyl (C=O) groups is 1. The van der Waals surface area contributed by atoms with Gasteiger partial charge in [0.15, 0.2) is 0 Å². The van der Waals surface area contributed by atoms with Gasteiger partial charge >= 0.3 is 0 Å². The third kappa shape index (κ3) is 4.25. The minimum Gasteiger partial charge on any atom is -0.368 e. The molecule has 1 saturated carbocycles. The zero-order chi connectivity index (χ0) is 14.8. The van der Waals surface area contributed by atoms with Gasteiger partial charge in [0.25, 0.3) is 0 Å². The van der Waals surface area contributed by atoms with Gasteiger partial charge in [0, 0.05) is 16.2 Å². The van der Waals surface area contributed by atoms with Crippen molar-refractivity contribution in [2.75, 3.05) is 0 Å². The number of carbonyl (C=O) groups excluding carboxylic acids is 1. The second-order valence-electron chi connectivity index (χ2n) is 6.06. The average Bonchev–Trinajstić information content (AvgIpc) is 3.12. The van der Waals surface area contributed by atoms with E-state index in [1.54, 1.807) is 11.8 Å². The Kier molecular flexibility index (Phi) is 4.76. The molecule has 3 nitrogen and oxygen atoms in total. The number of nitrogens with one attached hydrogen (secondary N) is 1. The van der Waals surface area contributed by atoms with Crippen molar-refractivity contribution in [3.63, 3.8) is 0 Å². The SMILES string of the molecule is Cc1cccc(SC(C)CC(C)(NC2CC2)C(N)=O)c1. The first-order valence-electron chi connectivity index (χ1n) is 7.20. The van der Waals surface area contributed by atoms with E-state index in [0.29, 0.717) is 11.3 Å². The molecule has 110 valence electrons. The molecule has 1 aromatic rings. The molecule has 3 N–H and O–H groups in total. The lowest BCUT2D eigenvalue weighted by Gasteiger charge is -2.30. The van der Waals surface area contributed by atoms with E-state index in [-0.39, 0.29) is 5.91 Å². The largest absolute Gasteiger partial charge is 0.368 e. The molecule has 1 aromatic carbocycles. The highest BCUT2D eigenvalue weighted by atomic mass is 32.2. The molecule has 4 heteroatoms. The molecule has 20 heavy (non-hydrogen) atoms. The molecule has 0 heterocycles. The molecular weight excluding hydrogens is 268 g/mol. The van der Waals surface area contributed by atoms with E-state index in [1.807, 2.05) is 6.92 Å². The van der Waals surface area contributed by atoms with Crippen LogP contribution in [0.5, 0.6) is 0 Å². The Morgan fingerprint density at radius 2 is 2.25 bits per heavy atom. The maximum Gasteiger partial charge on any atom is 0.237 e. The van der Waals surface area contributed by atoms with Crippen LogP contribution in [0.4, 0.5) is 0 Å². The van der Waals surface area contributed by atoms with Crippen molar-refractivity contribution < 1.29 is 4.79 Å². The third-order valence-corrected chi connectivity index (χ3v) is 4.76. The fraction of sp³-hybridized carbons (Fsp3) is 0.562. The van der Waals surface area contributed by atoms with E-state index in [9.17, 15) is 4.79 Å². The van der Waals surface area contributed by atoms with Gasteiger partial charge in [-0.25, -0.2) is 0 Å². The topological polar surface area (TPSA) is 55.1 Å². The quantitative estimate of drug-likeness (QED) is 0.760. The van der Waals surface area contributed by atoms with Crippen LogP contribution in [-0.2, 0) is 4.79 Å². The monoisotopic (exact) mass is 292 g/mol. The van der Waals surface area contributed by atoms with Gasteiger partial charge in [-0.2, -0.15) is 0 Å². The Hall–Kier alpha value is -1.00. The summed E-state index contributed by atoms with van der Waals surface area (Å²) >= 11 is 1.80. The van der Waals surface area contributed by atoms with Gasteiger partial charge in [-0.05, 0) is 45.2 Å². The van der Waals surface area contributed by atoms with Gasteiger partial charge in [-0.1, -0.05) is 24.6 Å². The maximum absolute atomic E-state index is 11.8. The number of benzene rings is 1. The van der Waals surface area contributed by atoms with E-state index in [2.05, 4.69) is 43.4 Å².